The Morgan fingerprint density at radius 3 is 3.20 bits per heavy atom. The minimum Gasteiger partial charge on any atom is -0.469 e. The first-order chi connectivity index (χ1) is 9.74. The molecule has 6 heteroatoms. The zero-order valence-electron chi connectivity index (χ0n) is 11.2. The number of hydrogen-bond donors (Lipinski definition) is 1. The van der Waals surface area contributed by atoms with Crippen LogP contribution in [0.3, 0.4) is 0 Å². The smallest absolute Gasteiger partial charge is 0.230 e. The molecule has 2 amide bonds. The van der Waals surface area contributed by atoms with E-state index >= 15 is 0 Å². The quantitative estimate of drug-likeness (QED) is 0.838. The molecule has 108 valence electrons. The number of carbonyl (C=O) groups excluding carboxylic acids is 2. The fourth-order valence-corrected chi connectivity index (χ4v) is 2.80. The summed E-state index contributed by atoms with van der Waals surface area (Å²) in [6.45, 7) is 2.13. The largest absolute Gasteiger partial charge is 0.469 e. The van der Waals surface area contributed by atoms with Gasteiger partial charge in [-0.2, -0.15) is 0 Å². The van der Waals surface area contributed by atoms with Crippen molar-refractivity contribution >= 4 is 11.8 Å². The molecule has 0 aromatic carbocycles. The van der Waals surface area contributed by atoms with Gasteiger partial charge in [0.1, 0.15) is 5.76 Å². The van der Waals surface area contributed by atoms with Gasteiger partial charge in [0, 0.05) is 19.6 Å². The maximum atomic E-state index is 12.2. The van der Waals surface area contributed by atoms with Crippen LogP contribution in [0.5, 0.6) is 0 Å². The number of rotatable bonds is 2. The first-order valence-corrected chi connectivity index (χ1v) is 6.93. The summed E-state index contributed by atoms with van der Waals surface area (Å²) < 4.78 is 10.9. The number of carbonyl (C=O) groups is 2. The van der Waals surface area contributed by atoms with E-state index in [9.17, 15) is 9.59 Å². The number of furan rings is 1. The van der Waals surface area contributed by atoms with Crippen molar-refractivity contribution in [3.8, 4) is 0 Å². The van der Waals surface area contributed by atoms with E-state index in [1.165, 1.54) is 0 Å². The van der Waals surface area contributed by atoms with Gasteiger partial charge < -0.3 is 19.4 Å². The Labute approximate surface area is 117 Å². The van der Waals surface area contributed by atoms with Crippen molar-refractivity contribution in [2.75, 3.05) is 26.2 Å². The van der Waals surface area contributed by atoms with Crippen LogP contribution in [0.2, 0.25) is 0 Å². The molecule has 2 saturated heterocycles. The Hall–Kier alpha value is -1.82. The van der Waals surface area contributed by atoms with Crippen LogP contribution in [0.1, 0.15) is 12.2 Å². The average Bonchev–Trinajstić information content (AvgIpc) is 2.89. The highest BCUT2D eigenvalue weighted by Gasteiger charge is 2.37. The monoisotopic (exact) mass is 278 g/mol. The van der Waals surface area contributed by atoms with E-state index in [0.717, 1.165) is 0 Å². The predicted molar refractivity (Wildman–Crippen MR) is 69.8 cm³/mol. The lowest BCUT2D eigenvalue weighted by Gasteiger charge is -2.36. The van der Waals surface area contributed by atoms with Crippen molar-refractivity contribution < 1.29 is 18.7 Å². The lowest BCUT2D eigenvalue weighted by molar-refractivity contribution is -0.141. The molecule has 1 N–H and O–H groups in total. The SMILES string of the molecule is O=C1NCCO[C@H]2CN(C(=O)Cc3ccco3)CC[C@@H]12. The summed E-state index contributed by atoms with van der Waals surface area (Å²) in [5, 5.41) is 2.84. The van der Waals surface area contributed by atoms with E-state index in [1.807, 2.05) is 0 Å². The van der Waals surface area contributed by atoms with Gasteiger partial charge in [-0.25, -0.2) is 0 Å². The van der Waals surface area contributed by atoms with Gasteiger partial charge in [0.25, 0.3) is 0 Å². The summed E-state index contributed by atoms with van der Waals surface area (Å²) >= 11 is 0. The second kappa shape index (κ2) is 5.66. The Kier molecular flexibility index (Phi) is 3.73. The molecule has 6 nitrogen and oxygen atoms in total. The Morgan fingerprint density at radius 2 is 2.40 bits per heavy atom. The molecule has 2 fully saturated rings. The molecule has 0 radical (unpaired) electrons. The number of nitrogens with zero attached hydrogens (tertiary/aromatic N) is 1. The number of amides is 2. The number of piperidine rings is 1. The third-order valence-corrected chi connectivity index (χ3v) is 3.89. The fourth-order valence-electron chi connectivity index (χ4n) is 2.80. The van der Waals surface area contributed by atoms with E-state index in [-0.39, 0.29) is 30.3 Å². The van der Waals surface area contributed by atoms with Gasteiger partial charge in [-0.05, 0) is 18.6 Å². The predicted octanol–water partition coefficient (Wildman–Crippen LogP) is 0.186. The van der Waals surface area contributed by atoms with Gasteiger partial charge in [-0.15, -0.1) is 0 Å². The second-order valence-electron chi connectivity index (χ2n) is 5.19. The first kappa shape index (κ1) is 13.2. The summed E-state index contributed by atoms with van der Waals surface area (Å²) in [6, 6.07) is 3.56. The minimum atomic E-state index is -0.188. The standard InChI is InChI=1S/C14H18N2O4/c17-13(8-10-2-1-6-19-10)16-5-3-11-12(9-16)20-7-4-15-14(11)18/h1-2,6,11-12H,3-5,7-9H2,(H,15,18)/t11-,12+/m1/s1. The molecule has 2 aliphatic rings. The Bertz CT molecular complexity index is 485. The molecule has 1 aromatic heterocycles. The summed E-state index contributed by atoms with van der Waals surface area (Å²) in [7, 11) is 0. The van der Waals surface area contributed by atoms with E-state index < -0.39 is 0 Å². The van der Waals surface area contributed by atoms with Crippen molar-refractivity contribution in [3.63, 3.8) is 0 Å². The highest BCUT2D eigenvalue weighted by atomic mass is 16.5. The van der Waals surface area contributed by atoms with Crippen molar-refractivity contribution in [2.45, 2.75) is 18.9 Å². The zero-order valence-corrected chi connectivity index (χ0v) is 11.2. The molecule has 20 heavy (non-hydrogen) atoms. The van der Waals surface area contributed by atoms with Crippen LogP contribution in [-0.4, -0.2) is 49.1 Å². The fraction of sp³-hybridized carbons (Fsp3) is 0.571. The molecule has 2 atom stereocenters. The Morgan fingerprint density at radius 1 is 1.50 bits per heavy atom. The molecule has 0 unspecified atom stereocenters. The van der Waals surface area contributed by atoms with Crippen molar-refractivity contribution in [1.82, 2.24) is 10.2 Å². The number of ether oxygens (including phenoxy) is 1. The number of fused-ring (bicyclic) bond motifs is 1. The van der Waals surface area contributed by atoms with Gasteiger partial charge in [0.05, 0.1) is 31.3 Å². The van der Waals surface area contributed by atoms with E-state index in [4.69, 9.17) is 9.15 Å². The van der Waals surface area contributed by atoms with Gasteiger partial charge in [0.2, 0.25) is 11.8 Å². The zero-order chi connectivity index (χ0) is 13.9. The van der Waals surface area contributed by atoms with Crippen LogP contribution in [0.15, 0.2) is 22.8 Å². The second-order valence-corrected chi connectivity index (χ2v) is 5.19. The van der Waals surface area contributed by atoms with E-state index in [1.54, 1.807) is 23.3 Å². The maximum Gasteiger partial charge on any atom is 0.230 e. The van der Waals surface area contributed by atoms with E-state index in [2.05, 4.69) is 5.32 Å². The van der Waals surface area contributed by atoms with Gasteiger partial charge in [-0.3, -0.25) is 9.59 Å². The van der Waals surface area contributed by atoms with E-state index in [0.29, 0.717) is 38.4 Å². The van der Waals surface area contributed by atoms with Crippen LogP contribution in [0.4, 0.5) is 0 Å². The molecule has 0 bridgehead atoms. The maximum absolute atomic E-state index is 12.2. The van der Waals surface area contributed by atoms with Crippen molar-refractivity contribution in [3.05, 3.63) is 24.2 Å². The minimum absolute atomic E-state index is 0.0201. The van der Waals surface area contributed by atoms with Crippen molar-refractivity contribution in [1.29, 1.82) is 0 Å². The molecule has 1 aromatic rings. The summed E-state index contributed by atoms with van der Waals surface area (Å²) in [4.78, 5) is 25.9. The Balaban J connectivity index is 1.62. The van der Waals surface area contributed by atoms with Crippen LogP contribution < -0.4 is 5.32 Å². The molecule has 0 saturated carbocycles. The highest BCUT2D eigenvalue weighted by Crippen LogP contribution is 2.23. The lowest BCUT2D eigenvalue weighted by Crippen LogP contribution is -2.50. The number of likely N-dealkylation sites (tertiary alicyclic amines) is 1. The average molecular weight is 278 g/mol. The topological polar surface area (TPSA) is 71.8 Å². The summed E-state index contributed by atoms with van der Waals surface area (Å²) in [5.74, 6) is 0.596. The third kappa shape index (κ3) is 2.70. The highest BCUT2D eigenvalue weighted by molar-refractivity contribution is 5.81. The molecular formula is C14H18N2O4. The molecule has 3 rings (SSSR count). The third-order valence-electron chi connectivity index (χ3n) is 3.89. The van der Waals surface area contributed by atoms with Gasteiger partial charge >= 0.3 is 0 Å². The molecule has 0 aliphatic carbocycles. The summed E-state index contributed by atoms with van der Waals surface area (Å²) in [6.07, 6.45) is 2.29. The molecule has 0 spiro atoms. The normalized spacial score (nSPS) is 26.6. The number of nitrogens with one attached hydrogen (secondary N) is 1. The lowest BCUT2D eigenvalue weighted by atomic mass is 9.92. The summed E-state index contributed by atoms with van der Waals surface area (Å²) in [5.41, 5.74) is 0. The molecule has 3 heterocycles. The molecular weight excluding hydrogens is 260 g/mol. The van der Waals surface area contributed by atoms with Crippen LogP contribution in [-0.2, 0) is 20.7 Å². The van der Waals surface area contributed by atoms with Crippen molar-refractivity contribution in [2.24, 2.45) is 5.92 Å². The van der Waals surface area contributed by atoms with Gasteiger partial charge in [-0.1, -0.05) is 0 Å². The number of hydrogen-bond acceptors (Lipinski definition) is 4. The molecule has 2 aliphatic heterocycles. The van der Waals surface area contributed by atoms with Crippen LogP contribution in [0.25, 0.3) is 0 Å². The van der Waals surface area contributed by atoms with Crippen LogP contribution in [0, 0.1) is 5.92 Å². The first-order valence-electron chi connectivity index (χ1n) is 6.93. The van der Waals surface area contributed by atoms with Gasteiger partial charge in [0.15, 0.2) is 0 Å². The van der Waals surface area contributed by atoms with Crippen LogP contribution >= 0.6 is 0 Å².